The highest BCUT2D eigenvalue weighted by Gasteiger charge is 2.16. The molecule has 2 amide bonds. The number of hydrogen-bond acceptors (Lipinski definition) is 9. The summed E-state index contributed by atoms with van der Waals surface area (Å²) in [5, 5.41) is 8.85. The third-order valence-corrected chi connectivity index (χ3v) is 4.96. The summed E-state index contributed by atoms with van der Waals surface area (Å²) in [7, 11) is 3.09. The van der Waals surface area contributed by atoms with E-state index in [1.165, 1.54) is 48.2 Å². The lowest BCUT2D eigenvalue weighted by molar-refractivity contribution is -0.129. The van der Waals surface area contributed by atoms with Crippen LogP contribution in [0, 0.1) is 5.82 Å². The van der Waals surface area contributed by atoms with Gasteiger partial charge in [-0.2, -0.15) is 0 Å². The molecule has 0 fully saturated rings. The Balaban J connectivity index is 0.00000291. The molecule has 1 aromatic heterocycles. The quantitative estimate of drug-likeness (QED) is 0.177. The Morgan fingerprint density at radius 1 is 1.06 bits per heavy atom. The van der Waals surface area contributed by atoms with E-state index in [0.717, 1.165) is 0 Å². The number of nitrogens with one attached hydrogen (secondary N) is 1. The summed E-state index contributed by atoms with van der Waals surface area (Å²) in [6.07, 6.45) is 1.04. The van der Waals surface area contributed by atoms with Crippen molar-refractivity contribution in [3.63, 3.8) is 0 Å². The Kier molecular flexibility index (Phi) is 18.6. The highest BCUT2D eigenvalue weighted by atomic mass is 32.2. The molecule has 0 aliphatic carbocycles. The molecule has 2 rings (SSSR count). The van der Waals surface area contributed by atoms with Gasteiger partial charge in [0, 0.05) is 44.4 Å². The second-order valence-electron chi connectivity index (χ2n) is 6.41. The minimum absolute atomic E-state index is 0.123. The second kappa shape index (κ2) is 20.3. The normalized spacial score (nSPS) is 9.81. The molecular weight excluding hydrogens is 491 g/mol. The van der Waals surface area contributed by atoms with Crippen LogP contribution >= 0.6 is 11.9 Å². The van der Waals surface area contributed by atoms with Gasteiger partial charge in [0.2, 0.25) is 5.88 Å². The van der Waals surface area contributed by atoms with Gasteiger partial charge in [0.05, 0.1) is 13.2 Å². The van der Waals surface area contributed by atoms with E-state index < -0.39 is 12.0 Å². The van der Waals surface area contributed by atoms with E-state index in [1.54, 1.807) is 35.2 Å². The molecule has 2 N–H and O–H groups in total. The molecule has 1 heterocycles. The van der Waals surface area contributed by atoms with Crippen molar-refractivity contribution in [1.29, 1.82) is 0 Å². The fourth-order valence-electron chi connectivity index (χ4n) is 2.28. The number of pyridine rings is 1. The standard InChI is InChI=1S/C20H25FN4O6S.2C2H6/c1-24(20(27)30-12-11-29-2)9-10-25(14-18(26)23-28)32-17-7-8-19(22-13-17)31-16-5-3-15(21)4-6-16;2*1-2/h3-8,13,28H,9-12,14H2,1-2H3,(H,23,26);2*1-2H3. The minimum atomic E-state index is -0.605. The Morgan fingerprint density at radius 3 is 2.28 bits per heavy atom. The summed E-state index contributed by atoms with van der Waals surface area (Å²) in [6, 6.07) is 8.93. The van der Waals surface area contributed by atoms with Crippen LogP contribution in [0.2, 0.25) is 0 Å². The summed E-state index contributed by atoms with van der Waals surface area (Å²) in [5.41, 5.74) is 1.59. The van der Waals surface area contributed by atoms with E-state index in [9.17, 15) is 14.0 Å². The number of hydroxylamine groups is 1. The van der Waals surface area contributed by atoms with Gasteiger partial charge in [-0.1, -0.05) is 27.7 Å². The molecule has 0 saturated heterocycles. The van der Waals surface area contributed by atoms with Gasteiger partial charge in [-0.15, -0.1) is 0 Å². The number of amides is 2. The Hall–Kier alpha value is -2.93. The van der Waals surface area contributed by atoms with Crippen LogP contribution in [0.15, 0.2) is 47.5 Å². The largest absolute Gasteiger partial charge is 0.447 e. The number of benzene rings is 1. The van der Waals surface area contributed by atoms with E-state index in [1.807, 2.05) is 27.7 Å². The van der Waals surface area contributed by atoms with Crippen molar-refractivity contribution >= 4 is 23.9 Å². The molecule has 202 valence electrons. The first-order valence-corrected chi connectivity index (χ1v) is 12.3. The van der Waals surface area contributed by atoms with E-state index in [-0.39, 0.29) is 25.5 Å². The van der Waals surface area contributed by atoms with Crippen molar-refractivity contribution in [2.45, 2.75) is 32.6 Å². The number of rotatable bonds is 12. The molecule has 0 saturated carbocycles. The van der Waals surface area contributed by atoms with Gasteiger partial charge in [-0.3, -0.25) is 10.0 Å². The second-order valence-corrected chi connectivity index (χ2v) is 7.58. The number of likely N-dealkylation sites (N-methyl/N-ethyl adjacent to an activating group) is 1. The average Bonchev–Trinajstić information content (AvgIpc) is 2.91. The fourth-order valence-corrected chi connectivity index (χ4v) is 3.16. The van der Waals surface area contributed by atoms with Crippen molar-refractivity contribution in [2.75, 3.05) is 47.0 Å². The smallest absolute Gasteiger partial charge is 0.409 e. The molecular formula is C24H37FN4O6S. The first-order valence-electron chi connectivity index (χ1n) is 11.5. The van der Waals surface area contributed by atoms with Crippen LogP contribution in [-0.4, -0.2) is 78.4 Å². The fraction of sp³-hybridized carbons (Fsp3) is 0.458. The maximum absolute atomic E-state index is 13.0. The first kappa shape index (κ1) is 33.1. The highest BCUT2D eigenvalue weighted by Crippen LogP contribution is 2.25. The molecule has 10 nitrogen and oxygen atoms in total. The topological polar surface area (TPSA) is 113 Å². The van der Waals surface area contributed by atoms with Crippen molar-refractivity contribution in [3.05, 3.63) is 48.4 Å². The number of hydrogen-bond donors (Lipinski definition) is 2. The third-order valence-electron chi connectivity index (χ3n) is 3.93. The summed E-state index contributed by atoms with van der Waals surface area (Å²) in [6.45, 7) is 8.90. The van der Waals surface area contributed by atoms with Gasteiger partial charge >= 0.3 is 6.09 Å². The summed E-state index contributed by atoms with van der Waals surface area (Å²) in [5.74, 6) is -0.204. The molecule has 0 spiro atoms. The van der Waals surface area contributed by atoms with Gasteiger partial charge in [0.25, 0.3) is 5.91 Å². The Bertz CT molecular complexity index is 859. The lowest BCUT2D eigenvalue weighted by Crippen LogP contribution is -2.38. The predicted octanol–water partition coefficient (Wildman–Crippen LogP) is 4.59. The van der Waals surface area contributed by atoms with Crippen molar-refractivity contribution < 1.29 is 33.4 Å². The molecule has 1 aromatic carbocycles. The van der Waals surface area contributed by atoms with E-state index in [2.05, 4.69) is 4.98 Å². The van der Waals surface area contributed by atoms with Crippen molar-refractivity contribution in [2.24, 2.45) is 0 Å². The Morgan fingerprint density at radius 2 is 1.72 bits per heavy atom. The third kappa shape index (κ3) is 13.8. The van der Waals surface area contributed by atoms with E-state index >= 15 is 0 Å². The number of nitrogens with zero attached hydrogens (tertiary/aromatic N) is 3. The number of carbonyl (C=O) groups excluding carboxylic acids is 2. The number of ether oxygens (including phenoxy) is 3. The lowest BCUT2D eigenvalue weighted by Gasteiger charge is -2.23. The average molecular weight is 529 g/mol. The molecule has 0 unspecified atom stereocenters. The van der Waals surface area contributed by atoms with Gasteiger partial charge in [0.15, 0.2) is 0 Å². The van der Waals surface area contributed by atoms with Crippen LogP contribution in [0.1, 0.15) is 27.7 Å². The molecule has 0 aliphatic heterocycles. The van der Waals surface area contributed by atoms with Crippen LogP contribution in [0.5, 0.6) is 11.6 Å². The monoisotopic (exact) mass is 528 g/mol. The van der Waals surface area contributed by atoms with Crippen LogP contribution in [0.25, 0.3) is 0 Å². The van der Waals surface area contributed by atoms with Crippen LogP contribution < -0.4 is 10.2 Å². The molecule has 0 bridgehead atoms. The molecule has 12 heteroatoms. The molecule has 0 aliphatic rings. The molecule has 2 aromatic rings. The van der Waals surface area contributed by atoms with Crippen LogP contribution in [0.3, 0.4) is 0 Å². The molecule has 0 atom stereocenters. The maximum atomic E-state index is 13.0. The van der Waals surface area contributed by atoms with E-state index in [0.29, 0.717) is 29.7 Å². The highest BCUT2D eigenvalue weighted by molar-refractivity contribution is 7.97. The van der Waals surface area contributed by atoms with Gasteiger partial charge in [0.1, 0.15) is 18.2 Å². The predicted molar refractivity (Wildman–Crippen MR) is 137 cm³/mol. The van der Waals surface area contributed by atoms with Crippen molar-refractivity contribution in [1.82, 2.24) is 19.7 Å². The zero-order chi connectivity index (χ0) is 27.3. The number of halogens is 1. The molecule has 0 radical (unpaired) electrons. The van der Waals surface area contributed by atoms with Gasteiger partial charge < -0.3 is 19.1 Å². The van der Waals surface area contributed by atoms with Gasteiger partial charge in [-0.25, -0.2) is 24.0 Å². The molecule has 36 heavy (non-hydrogen) atoms. The Labute approximate surface area is 216 Å². The minimum Gasteiger partial charge on any atom is -0.447 e. The number of aromatic nitrogens is 1. The zero-order valence-corrected chi connectivity index (χ0v) is 22.5. The van der Waals surface area contributed by atoms with E-state index in [4.69, 9.17) is 19.4 Å². The van der Waals surface area contributed by atoms with Crippen LogP contribution in [0.4, 0.5) is 9.18 Å². The summed E-state index contributed by atoms with van der Waals surface area (Å²) >= 11 is 1.22. The summed E-state index contributed by atoms with van der Waals surface area (Å²) < 4.78 is 30.1. The SMILES string of the molecule is CC.CC.COCCOC(=O)N(C)CCN(CC(=O)NO)Sc1ccc(Oc2ccc(F)cc2)nc1. The zero-order valence-electron chi connectivity index (χ0n) is 21.7. The first-order chi connectivity index (χ1) is 17.4. The van der Waals surface area contributed by atoms with Crippen LogP contribution in [-0.2, 0) is 14.3 Å². The van der Waals surface area contributed by atoms with Crippen molar-refractivity contribution in [3.8, 4) is 11.6 Å². The number of methoxy groups -OCH3 is 1. The van der Waals surface area contributed by atoms with Gasteiger partial charge in [-0.05, 0) is 42.3 Å². The maximum Gasteiger partial charge on any atom is 0.409 e. The summed E-state index contributed by atoms with van der Waals surface area (Å²) in [4.78, 5) is 29.9. The lowest BCUT2D eigenvalue weighted by atomic mass is 10.3. The number of carbonyl (C=O) groups is 2.